The van der Waals surface area contributed by atoms with Gasteiger partial charge < -0.3 is 10.2 Å². The van der Waals surface area contributed by atoms with Gasteiger partial charge in [-0.15, -0.1) is 0 Å². The van der Waals surface area contributed by atoms with Crippen molar-refractivity contribution < 1.29 is 4.79 Å². The van der Waals surface area contributed by atoms with Crippen molar-refractivity contribution >= 4 is 16.7 Å². The maximum absolute atomic E-state index is 12.4. The summed E-state index contributed by atoms with van der Waals surface area (Å²) in [6, 6.07) is 22.6. The molecule has 0 saturated heterocycles. The molecule has 0 saturated carbocycles. The summed E-state index contributed by atoms with van der Waals surface area (Å²) in [5, 5.41) is 5.39. The zero-order valence-electron chi connectivity index (χ0n) is 14.8. The maximum atomic E-state index is 12.4. The minimum atomic E-state index is 0.0519. The minimum absolute atomic E-state index is 0.0519. The number of carbonyl (C=O) groups excluding carboxylic acids is 1. The predicted octanol–water partition coefficient (Wildman–Crippen LogP) is 3.76. The fourth-order valence-electron chi connectivity index (χ4n) is 3.10. The molecule has 3 aromatic carbocycles. The molecule has 3 heteroatoms. The first kappa shape index (κ1) is 17.2. The standard InChI is InChI=1S/C22H24N2O/c1-24(2)16-20-10-4-3-9-19(20)15-23-22(25)14-18-12-7-11-17-8-5-6-13-21(17)18/h3-13H,14-16H2,1-2H3,(H,23,25). The minimum Gasteiger partial charge on any atom is -0.352 e. The van der Waals surface area contributed by atoms with E-state index in [1.807, 2.05) is 36.4 Å². The molecule has 1 N–H and O–H groups in total. The second kappa shape index (κ2) is 7.95. The highest BCUT2D eigenvalue weighted by atomic mass is 16.1. The summed E-state index contributed by atoms with van der Waals surface area (Å²) in [5.74, 6) is 0.0519. The van der Waals surface area contributed by atoms with Gasteiger partial charge in [-0.25, -0.2) is 0 Å². The van der Waals surface area contributed by atoms with Crippen molar-refractivity contribution in [2.75, 3.05) is 14.1 Å². The highest BCUT2D eigenvalue weighted by Crippen LogP contribution is 2.19. The molecule has 3 rings (SSSR count). The van der Waals surface area contributed by atoms with Crippen molar-refractivity contribution in [3.05, 3.63) is 83.4 Å². The Hall–Kier alpha value is -2.65. The lowest BCUT2D eigenvalue weighted by atomic mass is 10.0. The molecule has 0 atom stereocenters. The van der Waals surface area contributed by atoms with Crippen LogP contribution in [0.2, 0.25) is 0 Å². The van der Waals surface area contributed by atoms with Gasteiger partial charge in [0.15, 0.2) is 0 Å². The van der Waals surface area contributed by atoms with Crippen molar-refractivity contribution in [2.45, 2.75) is 19.5 Å². The maximum Gasteiger partial charge on any atom is 0.224 e. The molecule has 0 fully saturated rings. The predicted molar refractivity (Wildman–Crippen MR) is 103 cm³/mol. The van der Waals surface area contributed by atoms with Gasteiger partial charge in [-0.05, 0) is 41.6 Å². The van der Waals surface area contributed by atoms with Crippen molar-refractivity contribution in [3.63, 3.8) is 0 Å². The summed E-state index contributed by atoms with van der Waals surface area (Å²) in [7, 11) is 4.10. The van der Waals surface area contributed by atoms with Crippen LogP contribution in [-0.2, 0) is 24.3 Å². The van der Waals surface area contributed by atoms with Crippen LogP contribution in [0.3, 0.4) is 0 Å². The Morgan fingerprint density at radius 2 is 1.48 bits per heavy atom. The van der Waals surface area contributed by atoms with Gasteiger partial charge >= 0.3 is 0 Å². The van der Waals surface area contributed by atoms with Crippen molar-refractivity contribution in [1.29, 1.82) is 0 Å². The van der Waals surface area contributed by atoms with Crippen LogP contribution in [0.15, 0.2) is 66.7 Å². The first-order valence-corrected chi connectivity index (χ1v) is 8.58. The molecule has 0 aliphatic rings. The lowest BCUT2D eigenvalue weighted by molar-refractivity contribution is -0.120. The van der Waals surface area contributed by atoms with E-state index in [9.17, 15) is 4.79 Å². The van der Waals surface area contributed by atoms with Gasteiger partial charge in [-0.2, -0.15) is 0 Å². The first-order chi connectivity index (χ1) is 12.1. The average Bonchev–Trinajstić information content (AvgIpc) is 2.61. The smallest absolute Gasteiger partial charge is 0.224 e. The molecule has 0 spiro atoms. The first-order valence-electron chi connectivity index (χ1n) is 8.58. The number of benzene rings is 3. The summed E-state index contributed by atoms with van der Waals surface area (Å²) in [4.78, 5) is 14.6. The number of nitrogens with one attached hydrogen (secondary N) is 1. The van der Waals surface area contributed by atoms with Crippen LogP contribution in [0.25, 0.3) is 10.8 Å². The fraction of sp³-hybridized carbons (Fsp3) is 0.227. The number of carbonyl (C=O) groups is 1. The molecule has 0 bridgehead atoms. The molecule has 0 aliphatic carbocycles. The largest absolute Gasteiger partial charge is 0.352 e. The summed E-state index contributed by atoms with van der Waals surface area (Å²) in [6.45, 7) is 1.43. The monoisotopic (exact) mass is 332 g/mol. The highest BCUT2D eigenvalue weighted by Gasteiger charge is 2.08. The van der Waals surface area contributed by atoms with E-state index >= 15 is 0 Å². The molecule has 0 aromatic heterocycles. The van der Waals surface area contributed by atoms with E-state index in [4.69, 9.17) is 0 Å². The molecule has 0 heterocycles. The zero-order valence-corrected chi connectivity index (χ0v) is 14.8. The third-order valence-electron chi connectivity index (χ3n) is 4.31. The summed E-state index contributed by atoms with van der Waals surface area (Å²) in [6.07, 6.45) is 0.400. The fourth-order valence-corrected chi connectivity index (χ4v) is 3.10. The summed E-state index contributed by atoms with van der Waals surface area (Å²) in [5.41, 5.74) is 3.48. The Labute approximate surface area is 149 Å². The molecule has 0 unspecified atom stereocenters. The normalized spacial score (nSPS) is 11.0. The van der Waals surface area contributed by atoms with Crippen molar-refractivity contribution in [1.82, 2.24) is 10.2 Å². The Balaban J connectivity index is 1.67. The van der Waals surface area contributed by atoms with E-state index < -0.39 is 0 Å². The van der Waals surface area contributed by atoms with Crippen LogP contribution < -0.4 is 5.32 Å². The van der Waals surface area contributed by atoms with E-state index in [0.29, 0.717) is 13.0 Å². The lowest BCUT2D eigenvalue weighted by Gasteiger charge is -2.15. The van der Waals surface area contributed by atoms with Crippen LogP contribution in [0.1, 0.15) is 16.7 Å². The Kier molecular flexibility index (Phi) is 5.46. The van der Waals surface area contributed by atoms with E-state index in [2.05, 4.69) is 54.6 Å². The molecule has 128 valence electrons. The van der Waals surface area contributed by atoms with E-state index in [-0.39, 0.29) is 5.91 Å². The quantitative estimate of drug-likeness (QED) is 0.745. The Morgan fingerprint density at radius 3 is 2.28 bits per heavy atom. The van der Waals surface area contributed by atoms with E-state index in [0.717, 1.165) is 17.5 Å². The Morgan fingerprint density at radius 1 is 0.840 bits per heavy atom. The van der Waals surface area contributed by atoms with E-state index in [1.165, 1.54) is 16.5 Å². The lowest BCUT2D eigenvalue weighted by Crippen LogP contribution is -2.25. The second-order valence-electron chi connectivity index (χ2n) is 6.60. The molecule has 25 heavy (non-hydrogen) atoms. The van der Waals surface area contributed by atoms with Gasteiger partial charge in [-0.3, -0.25) is 4.79 Å². The van der Waals surface area contributed by atoms with Gasteiger partial charge in [0.05, 0.1) is 6.42 Å². The van der Waals surface area contributed by atoms with Gasteiger partial charge in [-0.1, -0.05) is 66.7 Å². The molecule has 1 amide bonds. The summed E-state index contributed by atoms with van der Waals surface area (Å²) >= 11 is 0. The Bertz CT molecular complexity index is 865. The molecular formula is C22H24N2O. The van der Waals surface area contributed by atoms with Crippen molar-refractivity contribution in [3.8, 4) is 0 Å². The van der Waals surface area contributed by atoms with Gasteiger partial charge in [0.1, 0.15) is 0 Å². The number of hydrogen-bond donors (Lipinski definition) is 1. The molecule has 0 radical (unpaired) electrons. The zero-order chi connectivity index (χ0) is 17.6. The molecule has 3 aromatic rings. The van der Waals surface area contributed by atoms with Crippen molar-refractivity contribution in [2.24, 2.45) is 0 Å². The third-order valence-corrected chi connectivity index (χ3v) is 4.31. The van der Waals surface area contributed by atoms with Gasteiger partial charge in [0.25, 0.3) is 0 Å². The van der Waals surface area contributed by atoms with Gasteiger partial charge in [0.2, 0.25) is 5.91 Å². The number of nitrogens with zero attached hydrogens (tertiary/aromatic N) is 1. The average molecular weight is 332 g/mol. The number of rotatable bonds is 6. The number of fused-ring (bicyclic) bond motifs is 1. The molecule has 0 aliphatic heterocycles. The second-order valence-corrected chi connectivity index (χ2v) is 6.60. The SMILES string of the molecule is CN(C)Cc1ccccc1CNC(=O)Cc1cccc2ccccc12. The topological polar surface area (TPSA) is 32.3 Å². The van der Waals surface area contributed by atoms with Crippen LogP contribution in [0, 0.1) is 0 Å². The molecule has 3 nitrogen and oxygen atoms in total. The van der Waals surface area contributed by atoms with Crippen LogP contribution in [-0.4, -0.2) is 24.9 Å². The number of hydrogen-bond acceptors (Lipinski definition) is 2. The van der Waals surface area contributed by atoms with E-state index in [1.54, 1.807) is 0 Å². The summed E-state index contributed by atoms with van der Waals surface area (Å²) < 4.78 is 0. The van der Waals surface area contributed by atoms with Crippen LogP contribution in [0.4, 0.5) is 0 Å². The third kappa shape index (κ3) is 4.46. The number of amides is 1. The highest BCUT2D eigenvalue weighted by molar-refractivity contribution is 5.90. The molecular weight excluding hydrogens is 308 g/mol. The van der Waals surface area contributed by atoms with Gasteiger partial charge in [0, 0.05) is 13.1 Å². The van der Waals surface area contributed by atoms with Crippen LogP contribution in [0.5, 0.6) is 0 Å². The van der Waals surface area contributed by atoms with Crippen LogP contribution >= 0.6 is 0 Å².